The number of methoxy groups -OCH3 is 1. The summed E-state index contributed by atoms with van der Waals surface area (Å²) in [5.41, 5.74) is 0.465. The van der Waals surface area contributed by atoms with Crippen LogP contribution < -0.4 is 4.74 Å². The van der Waals surface area contributed by atoms with E-state index in [-0.39, 0.29) is 11.7 Å². The second-order valence-electron chi connectivity index (χ2n) is 3.61. The van der Waals surface area contributed by atoms with Crippen LogP contribution in [0.5, 0.6) is 11.5 Å². The molecule has 1 aromatic rings. The Morgan fingerprint density at radius 3 is 2.76 bits per heavy atom. The van der Waals surface area contributed by atoms with E-state index in [2.05, 4.69) is 0 Å². The minimum atomic E-state index is -0.1000. The third kappa shape index (κ3) is 3.56. The average molecular weight is 255 g/mol. The summed E-state index contributed by atoms with van der Waals surface area (Å²) in [6.07, 6.45) is 2.00. The van der Waals surface area contributed by atoms with E-state index in [0.29, 0.717) is 17.9 Å². The van der Waals surface area contributed by atoms with Gasteiger partial charge in [-0.2, -0.15) is 11.8 Å². The predicted molar refractivity (Wildman–Crippen MR) is 70.0 cm³/mol. The highest BCUT2D eigenvalue weighted by atomic mass is 32.2. The second-order valence-corrected chi connectivity index (χ2v) is 4.59. The highest BCUT2D eigenvalue weighted by Crippen LogP contribution is 2.26. The van der Waals surface area contributed by atoms with Gasteiger partial charge in [-0.3, -0.25) is 4.79 Å². The maximum atomic E-state index is 12.0. The van der Waals surface area contributed by atoms with E-state index in [0.717, 1.165) is 5.75 Å². The molecule has 0 atom stereocenters. The third-order valence-electron chi connectivity index (χ3n) is 2.40. The van der Waals surface area contributed by atoms with Crippen LogP contribution in [0, 0.1) is 0 Å². The van der Waals surface area contributed by atoms with Crippen molar-refractivity contribution in [2.45, 2.75) is 0 Å². The van der Waals surface area contributed by atoms with E-state index in [1.54, 1.807) is 35.8 Å². The summed E-state index contributed by atoms with van der Waals surface area (Å²) in [7, 11) is 3.22. The first kappa shape index (κ1) is 13.7. The van der Waals surface area contributed by atoms with Crippen molar-refractivity contribution < 1.29 is 14.6 Å². The van der Waals surface area contributed by atoms with Gasteiger partial charge in [0.25, 0.3) is 5.91 Å². The van der Waals surface area contributed by atoms with Crippen LogP contribution in [0.3, 0.4) is 0 Å². The highest BCUT2D eigenvalue weighted by Gasteiger charge is 2.13. The number of thioether (sulfide) groups is 1. The largest absolute Gasteiger partial charge is 0.504 e. The Morgan fingerprint density at radius 1 is 1.53 bits per heavy atom. The number of hydrogen-bond acceptors (Lipinski definition) is 4. The zero-order valence-electron chi connectivity index (χ0n) is 10.3. The van der Waals surface area contributed by atoms with E-state index < -0.39 is 0 Å². The number of nitrogens with zero attached hydrogens (tertiary/aromatic N) is 1. The van der Waals surface area contributed by atoms with Crippen LogP contribution in [0.1, 0.15) is 10.4 Å². The molecule has 0 aliphatic carbocycles. The Balaban J connectivity index is 2.78. The fourth-order valence-corrected chi connectivity index (χ4v) is 1.83. The van der Waals surface area contributed by atoms with Crippen molar-refractivity contribution >= 4 is 17.7 Å². The van der Waals surface area contributed by atoms with Crippen LogP contribution in [0.4, 0.5) is 0 Å². The Labute approximate surface area is 106 Å². The maximum Gasteiger partial charge on any atom is 0.253 e. The molecule has 1 amide bonds. The summed E-state index contributed by atoms with van der Waals surface area (Å²) in [5, 5.41) is 9.60. The summed E-state index contributed by atoms with van der Waals surface area (Å²) in [5.74, 6) is 1.15. The van der Waals surface area contributed by atoms with Crippen molar-refractivity contribution in [2.75, 3.05) is 32.7 Å². The fraction of sp³-hybridized carbons (Fsp3) is 0.417. The van der Waals surface area contributed by atoms with Crippen molar-refractivity contribution in [3.8, 4) is 11.5 Å². The first-order valence-corrected chi connectivity index (χ1v) is 6.61. The van der Waals surface area contributed by atoms with Crippen LogP contribution >= 0.6 is 11.8 Å². The quantitative estimate of drug-likeness (QED) is 0.872. The molecule has 1 rings (SSSR count). The molecule has 94 valence electrons. The maximum absolute atomic E-state index is 12.0. The molecule has 0 aliphatic heterocycles. The van der Waals surface area contributed by atoms with E-state index in [9.17, 15) is 9.90 Å². The Kier molecular flexibility index (Phi) is 5.15. The number of hydrogen-bond donors (Lipinski definition) is 1. The normalized spacial score (nSPS) is 10.1. The summed E-state index contributed by atoms with van der Waals surface area (Å²) < 4.78 is 4.93. The van der Waals surface area contributed by atoms with Crippen LogP contribution in [-0.2, 0) is 0 Å². The molecule has 0 saturated heterocycles. The van der Waals surface area contributed by atoms with Crippen molar-refractivity contribution in [2.24, 2.45) is 0 Å². The van der Waals surface area contributed by atoms with Crippen LogP contribution in [0.15, 0.2) is 18.2 Å². The SMILES string of the molecule is COc1ccc(C(=O)N(C)CCSC)cc1O. The molecule has 0 fully saturated rings. The number of ether oxygens (including phenoxy) is 1. The lowest BCUT2D eigenvalue weighted by Gasteiger charge is -2.16. The van der Waals surface area contributed by atoms with Crippen LogP contribution in [0.2, 0.25) is 0 Å². The minimum Gasteiger partial charge on any atom is -0.504 e. The van der Waals surface area contributed by atoms with Gasteiger partial charge in [-0.1, -0.05) is 0 Å². The van der Waals surface area contributed by atoms with E-state index in [4.69, 9.17) is 4.74 Å². The van der Waals surface area contributed by atoms with Gasteiger partial charge in [-0.05, 0) is 24.5 Å². The van der Waals surface area contributed by atoms with Gasteiger partial charge in [0.2, 0.25) is 0 Å². The number of phenols is 1. The first-order valence-electron chi connectivity index (χ1n) is 5.21. The molecule has 0 aromatic heterocycles. The molecule has 17 heavy (non-hydrogen) atoms. The zero-order chi connectivity index (χ0) is 12.8. The number of phenolic OH excluding ortho intramolecular Hbond substituents is 1. The number of aromatic hydroxyl groups is 1. The summed E-state index contributed by atoms with van der Waals surface area (Å²) in [4.78, 5) is 13.6. The summed E-state index contributed by atoms with van der Waals surface area (Å²) in [6, 6.07) is 4.66. The van der Waals surface area contributed by atoms with Gasteiger partial charge in [0.1, 0.15) is 0 Å². The van der Waals surface area contributed by atoms with Gasteiger partial charge < -0.3 is 14.7 Å². The third-order valence-corrected chi connectivity index (χ3v) is 2.99. The molecule has 0 spiro atoms. The fourth-order valence-electron chi connectivity index (χ4n) is 1.37. The van der Waals surface area contributed by atoms with Gasteiger partial charge in [0.15, 0.2) is 11.5 Å². The summed E-state index contributed by atoms with van der Waals surface area (Å²) >= 11 is 1.69. The van der Waals surface area contributed by atoms with Gasteiger partial charge in [0.05, 0.1) is 7.11 Å². The molecule has 0 radical (unpaired) electrons. The van der Waals surface area contributed by atoms with Crippen molar-refractivity contribution in [3.63, 3.8) is 0 Å². The number of carbonyl (C=O) groups excluding carboxylic acids is 1. The molecule has 0 unspecified atom stereocenters. The predicted octanol–water partition coefficient (Wildman–Crippen LogP) is 1.84. The molecule has 4 nitrogen and oxygen atoms in total. The smallest absolute Gasteiger partial charge is 0.253 e. The van der Waals surface area contributed by atoms with Gasteiger partial charge >= 0.3 is 0 Å². The monoisotopic (exact) mass is 255 g/mol. The molecular weight excluding hydrogens is 238 g/mol. The van der Waals surface area contributed by atoms with E-state index >= 15 is 0 Å². The minimum absolute atomic E-state index is 0.0170. The number of rotatable bonds is 5. The lowest BCUT2D eigenvalue weighted by atomic mass is 10.2. The van der Waals surface area contributed by atoms with Crippen molar-refractivity contribution in [3.05, 3.63) is 23.8 Å². The van der Waals surface area contributed by atoms with E-state index in [1.165, 1.54) is 13.2 Å². The van der Waals surface area contributed by atoms with Crippen molar-refractivity contribution in [1.29, 1.82) is 0 Å². The Morgan fingerprint density at radius 2 is 2.24 bits per heavy atom. The molecule has 1 N–H and O–H groups in total. The first-order chi connectivity index (χ1) is 8.10. The topological polar surface area (TPSA) is 49.8 Å². The Hall–Kier alpha value is -1.36. The lowest BCUT2D eigenvalue weighted by Crippen LogP contribution is -2.28. The molecule has 0 saturated carbocycles. The zero-order valence-corrected chi connectivity index (χ0v) is 11.1. The van der Waals surface area contributed by atoms with Crippen molar-refractivity contribution in [1.82, 2.24) is 4.90 Å². The molecular formula is C12H17NO3S. The number of benzene rings is 1. The highest BCUT2D eigenvalue weighted by molar-refractivity contribution is 7.98. The molecule has 5 heteroatoms. The molecule has 0 aliphatic rings. The number of carbonyl (C=O) groups is 1. The van der Waals surface area contributed by atoms with E-state index in [1.807, 2.05) is 6.26 Å². The number of amides is 1. The molecule has 0 heterocycles. The summed E-state index contributed by atoms with van der Waals surface area (Å²) in [6.45, 7) is 0.687. The van der Waals surface area contributed by atoms with Gasteiger partial charge in [0, 0.05) is 24.9 Å². The second kappa shape index (κ2) is 6.39. The Bertz CT molecular complexity index is 395. The van der Waals surface area contributed by atoms with Gasteiger partial charge in [-0.25, -0.2) is 0 Å². The molecule has 0 bridgehead atoms. The van der Waals surface area contributed by atoms with Gasteiger partial charge in [-0.15, -0.1) is 0 Å². The van der Waals surface area contributed by atoms with Crippen LogP contribution in [0.25, 0.3) is 0 Å². The average Bonchev–Trinajstić information content (AvgIpc) is 2.34. The standard InChI is InChI=1S/C12H17NO3S/c1-13(6-7-17-3)12(15)9-4-5-11(16-2)10(14)8-9/h4-5,8,14H,6-7H2,1-3H3. The van der Waals surface area contributed by atoms with Crippen LogP contribution in [-0.4, -0.2) is 48.6 Å². The molecule has 1 aromatic carbocycles. The lowest BCUT2D eigenvalue weighted by molar-refractivity contribution is 0.0803.